The van der Waals surface area contributed by atoms with Crippen LogP contribution in [0.15, 0.2) is 53.6 Å². The Hall–Kier alpha value is -2.75. The van der Waals surface area contributed by atoms with E-state index in [0.717, 1.165) is 36.2 Å². The largest absolute Gasteiger partial charge is 0.487 e. The van der Waals surface area contributed by atoms with E-state index in [2.05, 4.69) is 27.2 Å². The summed E-state index contributed by atoms with van der Waals surface area (Å²) in [6.45, 7) is 1.91. The van der Waals surface area contributed by atoms with E-state index >= 15 is 0 Å². The number of sulfonamides is 1. The third-order valence-corrected chi connectivity index (χ3v) is 5.58. The number of para-hydroxylation sites is 1. The van der Waals surface area contributed by atoms with Crippen molar-refractivity contribution in [2.45, 2.75) is 17.4 Å². The van der Waals surface area contributed by atoms with Crippen molar-refractivity contribution in [3.8, 4) is 5.75 Å². The average Bonchev–Trinajstić information content (AvgIpc) is 3.07. The lowest BCUT2D eigenvalue weighted by atomic mass is 10.2. The Morgan fingerprint density at radius 2 is 2.00 bits per heavy atom. The van der Waals surface area contributed by atoms with Gasteiger partial charge in [-0.25, -0.2) is 23.5 Å². The number of benzene rings is 2. The van der Waals surface area contributed by atoms with E-state index in [4.69, 9.17) is 9.88 Å². The first-order valence-corrected chi connectivity index (χ1v) is 10.4. The smallest absolute Gasteiger partial charge is 0.238 e. The van der Waals surface area contributed by atoms with Crippen molar-refractivity contribution in [2.75, 3.05) is 25.5 Å². The summed E-state index contributed by atoms with van der Waals surface area (Å²) in [6.07, 6.45) is 2.86. The molecule has 8 nitrogen and oxygen atoms in total. The number of rotatable bonds is 5. The van der Waals surface area contributed by atoms with Crippen LogP contribution >= 0.6 is 0 Å². The molecule has 28 heavy (non-hydrogen) atoms. The molecule has 9 heteroatoms. The van der Waals surface area contributed by atoms with Gasteiger partial charge in [0.15, 0.2) is 0 Å². The highest BCUT2D eigenvalue weighted by molar-refractivity contribution is 7.89. The summed E-state index contributed by atoms with van der Waals surface area (Å²) in [7, 11) is -1.64. The summed E-state index contributed by atoms with van der Waals surface area (Å²) >= 11 is 0. The maximum absolute atomic E-state index is 11.4. The Kier molecular flexibility index (Phi) is 4.88. The number of nitrogens with two attached hydrogens (primary N) is 1. The molecule has 1 saturated heterocycles. The number of aromatic nitrogens is 2. The van der Waals surface area contributed by atoms with Crippen LogP contribution in [0.4, 0.5) is 11.6 Å². The molecule has 3 aromatic rings. The minimum Gasteiger partial charge on any atom is -0.487 e. The number of nitrogens with one attached hydrogen (secondary N) is 1. The standard InChI is InChI=1S/C19H21N5O3S/c1-24-10-9-15(12-24)27-17-4-2-3-13-11-21-19(23-18(13)17)22-14-5-7-16(8-6-14)28(20,25)26/h2-8,11,15H,9-10,12H2,1H3,(H2,20,25,26)(H,21,22,23). The second-order valence-electron chi connectivity index (χ2n) is 6.87. The predicted octanol–water partition coefficient (Wildman–Crippen LogP) is 2.10. The van der Waals surface area contributed by atoms with Crippen LogP contribution in [0.25, 0.3) is 10.9 Å². The SMILES string of the molecule is CN1CCC(Oc2cccc3cnc(Nc4ccc(S(N)(=O)=O)cc4)nc23)C1. The van der Waals surface area contributed by atoms with Crippen molar-refractivity contribution in [1.82, 2.24) is 14.9 Å². The number of hydrogen-bond acceptors (Lipinski definition) is 7. The van der Waals surface area contributed by atoms with Crippen LogP contribution in [0.1, 0.15) is 6.42 Å². The number of likely N-dealkylation sites (N-methyl/N-ethyl adjacent to an activating group) is 1. The van der Waals surface area contributed by atoms with Crippen molar-refractivity contribution < 1.29 is 13.2 Å². The zero-order valence-corrected chi connectivity index (χ0v) is 16.2. The zero-order valence-electron chi connectivity index (χ0n) is 15.4. The van der Waals surface area contributed by atoms with Crippen molar-refractivity contribution in [1.29, 1.82) is 0 Å². The zero-order chi connectivity index (χ0) is 19.7. The van der Waals surface area contributed by atoms with Crippen LogP contribution in [0.2, 0.25) is 0 Å². The Bertz CT molecular complexity index is 1100. The third-order valence-electron chi connectivity index (χ3n) is 4.65. The topological polar surface area (TPSA) is 110 Å². The molecule has 0 amide bonds. The number of ether oxygens (including phenoxy) is 1. The number of fused-ring (bicyclic) bond motifs is 1. The van der Waals surface area contributed by atoms with Crippen molar-refractivity contribution in [3.05, 3.63) is 48.7 Å². The van der Waals surface area contributed by atoms with E-state index in [-0.39, 0.29) is 11.0 Å². The molecule has 2 heterocycles. The van der Waals surface area contributed by atoms with Gasteiger partial charge in [0.1, 0.15) is 17.4 Å². The van der Waals surface area contributed by atoms with Crippen molar-refractivity contribution in [2.24, 2.45) is 5.14 Å². The molecular weight excluding hydrogens is 378 g/mol. The van der Waals surface area contributed by atoms with Gasteiger partial charge in [-0.2, -0.15) is 0 Å². The van der Waals surface area contributed by atoms with Gasteiger partial charge >= 0.3 is 0 Å². The van der Waals surface area contributed by atoms with Gasteiger partial charge in [-0.1, -0.05) is 12.1 Å². The number of nitrogens with zero attached hydrogens (tertiary/aromatic N) is 3. The molecule has 0 bridgehead atoms. The maximum Gasteiger partial charge on any atom is 0.238 e. The number of likely N-dealkylation sites (tertiary alicyclic amines) is 1. The highest BCUT2D eigenvalue weighted by Crippen LogP contribution is 2.27. The fraction of sp³-hybridized carbons (Fsp3) is 0.263. The van der Waals surface area contributed by atoms with Gasteiger partial charge in [-0.05, 0) is 43.8 Å². The monoisotopic (exact) mass is 399 g/mol. The van der Waals surface area contributed by atoms with Crippen LogP contribution in [0, 0.1) is 0 Å². The Morgan fingerprint density at radius 3 is 2.68 bits per heavy atom. The highest BCUT2D eigenvalue weighted by atomic mass is 32.2. The molecule has 2 aromatic carbocycles. The van der Waals surface area contributed by atoms with Gasteiger partial charge in [0.2, 0.25) is 16.0 Å². The van der Waals surface area contributed by atoms with Gasteiger partial charge in [0.25, 0.3) is 0 Å². The van der Waals surface area contributed by atoms with Crippen LogP contribution < -0.4 is 15.2 Å². The van der Waals surface area contributed by atoms with Crippen molar-refractivity contribution >= 4 is 32.6 Å². The molecular formula is C19H21N5O3S. The molecule has 0 saturated carbocycles. The molecule has 1 unspecified atom stereocenters. The van der Waals surface area contributed by atoms with Crippen LogP contribution in [0.3, 0.4) is 0 Å². The fourth-order valence-corrected chi connectivity index (χ4v) is 3.73. The van der Waals surface area contributed by atoms with Crippen LogP contribution in [0.5, 0.6) is 5.75 Å². The van der Waals surface area contributed by atoms with E-state index in [1.807, 2.05) is 18.2 Å². The Morgan fingerprint density at radius 1 is 1.21 bits per heavy atom. The normalized spacial score (nSPS) is 17.7. The van der Waals surface area contributed by atoms with E-state index < -0.39 is 10.0 Å². The van der Waals surface area contributed by atoms with Crippen LogP contribution in [-0.4, -0.2) is 49.5 Å². The van der Waals surface area contributed by atoms with Gasteiger partial charge in [0, 0.05) is 30.4 Å². The number of hydrogen-bond donors (Lipinski definition) is 2. The van der Waals surface area contributed by atoms with E-state index in [1.165, 1.54) is 12.1 Å². The molecule has 1 aliphatic heterocycles. The van der Waals surface area contributed by atoms with E-state index in [1.54, 1.807) is 18.3 Å². The molecule has 1 aromatic heterocycles. The molecule has 1 fully saturated rings. The minimum absolute atomic E-state index is 0.0506. The van der Waals surface area contributed by atoms with Crippen LogP contribution in [-0.2, 0) is 10.0 Å². The number of anilines is 2. The highest BCUT2D eigenvalue weighted by Gasteiger charge is 2.22. The Balaban J connectivity index is 1.59. The second-order valence-corrected chi connectivity index (χ2v) is 8.43. The molecule has 0 radical (unpaired) electrons. The third kappa shape index (κ3) is 4.06. The summed E-state index contributed by atoms with van der Waals surface area (Å²) in [4.78, 5) is 11.2. The van der Waals surface area contributed by atoms with Gasteiger partial charge < -0.3 is 15.0 Å². The lowest BCUT2D eigenvalue weighted by Crippen LogP contribution is -2.21. The maximum atomic E-state index is 11.4. The fourth-order valence-electron chi connectivity index (χ4n) is 3.21. The summed E-state index contributed by atoms with van der Waals surface area (Å²) in [5.74, 6) is 1.13. The lowest BCUT2D eigenvalue weighted by molar-refractivity contribution is 0.210. The first kappa shape index (κ1) is 18.6. The molecule has 1 aliphatic rings. The number of primary sulfonamides is 1. The quantitative estimate of drug-likeness (QED) is 0.676. The molecule has 0 spiro atoms. The van der Waals surface area contributed by atoms with E-state index in [0.29, 0.717) is 11.6 Å². The molecule has 0 aliphatic carbocycles. The summed E-state index contributed by atoms with van der Waals surface area (Å²) < 4.78 is 28.9. The minimum atomic E-state index is -3.72. The summed E-state index contributed by atoms with van der Waals surface area (Å²) in [6, 6.07) is 11.9. The van der Waals surface area contributed by atoms with Crippen molar-refractivity contribution in [3.63, 3.8) is 0 Å². The first-order valence-electron chi connectivity index (χ1n) is 8.89. The van der Waals surface area contributed by atoms with E-state index in [9.17, 15) is 8.42 Å². The molecule has 4 rings (SSSR count). The van der Waals surface area contributed by atoms with Gasteiger partial charge in [0.05, 0.1) is 4.90 Å². The van der Waals surface area contributed by atoms with Gasteiger partial charge in [-0.3, -0.25) is 0 Å². The second kappa shape index (κ2) is 7.34. The average molecular weight is 399 g/mol. The molecule has 3 N–H and O–H groups in total. The summed E-state index contributed by atoms with van der Waals surface area (Å²) in [5.41, 5.74) is 1.39. The van der Waals surface area contributed by atoms with Gasteiger partial charge in [-0.15, -0.1) is 0 Å². The predicted molar refractivity (Wildman–Crippen MR) is 107 cm³/mol. The summed E-state index contributed by atoms with van der Waals surface area (Å²) in [5, 5.41) is 9.09. The Labute approximate surface area is 163 Å². The lowest BCUT2D eigenvalue weighted by Gasteiger charge is -2.15. The molecule has 146 valence electrons. The molecule has 1 atom stereocenters. The first-order chi connectivity index (χ1) is 13.4.